The Hall–Kier alpha value is -2.81. The molecule has 3 nitrogen and oxygen atoms in total. The second kappa shape index (κ2) is 6.97. The van der Waals surface area contributed by atoms with Gasteiger partial charge in [-0.15, -0.1) is 0 Å². The first-order valence-electron chi connectivity index (χ1n) is 7.73. The Morgan fingerprint density at radius 1 is 0.913 bits per heavy atom. The van der Waals surface area contributed by atoms with E-state index in [9.17, 15) is 4.79 Å². The van der Waals surface area contributed by atoms with Crippen LogP contribution in [0.25, 0.3) is 10.8 Å². The number of amides is 2. The van der Waals surface area contributed by atoms with Crippen molar-refractivity contribution in [1.82, 2.24) is 10.2 Å². The number of benzene rings is 3. The van der Waals surface area contributed by atoms with Crippen molar-refractivity contribution in [3.8, 4) is 0 Å². The molecule has 116 valence electrons. The first-order valence-corrected chi connectivity index (χ1v) is 7.73. The lowest BCUT2D eigenvalue weighted by molar-refractivity contribution is 0.206. The maximum atomic E-state index is 12.3. The van der Waals surface area contributed by atoms with E-state index in [4.69, 9.17) is 0 Å². The Morgan fingerprint density at radius 2 is 1.61 bits per heavy atom. The van der Waals surface area contributed by atoms with Crippen LogP contribution in [0, 0.1) is 0 Å². The third kappa shape index (κ3) is 3.69. The van der Waals surface area contributed by atoms with Crippen LogP contribution in [0.3, 0.4) is 0 Å². The molecule has 0 radical (unpaired) electrons. The lowest BCUT2D eigenvalue weighted by Gasteiger charge is -2.19. The van der Waals surface area contributed by atoms with Gasteiger partial charge in [-0.25, -0.2) is 4.79 Å². The van der Waals surface area contributed by atoms with Gasteiger partial charge in [-0.2, -0.15) is 0 Å². The van der Waals surface area contributed by atoms with E-state index in [1.807, 2.05) is 55.6 Å². The number of nitrogens with one attached hydrogen (secondary N) is 1. The van der Waals surface area contributed by atoms with E-state index in [0.29, 0.717) is 13.1 Å². The highest BCUT2D eigenvalue weighted by atomic mass is 16.2. The van der Waals surface area contributed by atoms with Gasteiger partial charge in [0.05, 0.1) is 0 Å². The molecule has 0 fully saturated rings. The second-order valence-corrected chi connectivity index (χ2v) is 5.64. The molecule has 0 saturated carbocycles. The third-order valence-corrected chi connectivity index (χ3v) is 3.92. The van der Waals surface area contributed by atoms with Gasteiger partial charge < -0.3 is 10.2 Å². The average molecular weight is 304 g/mol. The summed E-state index contributed by atoms with van der Waals surface area (Å²) in [4.78, 5) is 14.0. The van der Waals surface area contributed by atoms with E-state index in [2.05, 4.69) is 29.6 Å². The normalized spacial score (nSPS) is 10.5. The monoisotopic (exact) mass is 304 g/mol. The summed E-state index contributed by atoms with van der Waals surface area (Å²) in [5, 5.41) is 5.34. The predicted octanol–water partition coefficient (Wildman–Crippen LogP) is 4.18. The SMILES string of the molecule is CN(Cc1cccc2ccccc12)C(=O)NCc1ccccc1. The van der Waals surface area contributed by atoms with Crippen molar-refractivity contribution in [1.29, 1.82) is 0 Å². The van der Waals surface area contributed by atoms with Crippen molar-refractivity contribution in [2.75, 3.05) is 7.05 Å². The van der Waals surface area contributed by atoms with Gasteiger partial charge in [-0.05, 0) is 21.9 Å². The summed E-state index contributed by atoms with van der Waals surface area (Å²) in [5.41, 5.74) is 2.25. The van der Waals surface area contributed by atoms with E-state index < -0.39 is 0 Å². The van der Waals surface area contributed by atoms with Gasteiger partial charge in [-0.3, -0.25) is 0 Å². The molecule has 0 unspecified atom stereocenters. The van der Waals surface area contributed by atoms with Crippen molar-refractivity contribution in [2.45, 2.75) is 13.1 Å². The third-order valence-electron chi connectivity index (χ3n) is 3.92. The molecular weight excluding hydrogens is 284 g/mol. The van der Waals surface area contributed by atoms with Crippen LogP contribution in [-0.2, 0) is 13.1 Å². The number of hydrogen-bond acceptors (Lipinski definition) is 1. The lowest BCUT2D eigenvalue weighted by atomic mass is 10.0. The highest BCUT2D eigenvalue weighted by Gasteiger charge is 2.10. The minimum absolute atomic E-state index is 0.0678. The maximum absolute atomic E-state index is 12.3. The van der Waals surface area contributed by atoms with Gasteiger partial charge in [0.25, 0.3) is 0 Å². The molecule has 3 rings (SSSR count). The Labute approximate surface area is 136 Å². The molecule has 0 aromatic heterocycles. The fourth-order valence-electron chi connectivity index (χ4n) is 2.67. The standard InChI is InChI=1S/C20H20N2O/c1-22(20(23)21-14-16-8-3-2-4-9-16)15-18-12-7-11-17-10-5-6-13-19(17)18/h2-13H,14-15H2,1H3,(H,21,23). The Bertz CT molecular complexity index is 794. The maximum Gasteiger partial charge on any atom is 0.317 e. The summed E-state index contributed by atoms with van der Waals surface area (Å²) in [5.74, 6) is 0. The molecule has 0 heterocycles. The van der Waals surface area contributed by atoms with Gasteiger partial charge in [0, 0.05) is 20.1 Å². The van der Waals surface area contributed by atoms with Gasteiger partial charge in [0.1, 0.15) is 0 Å². The zero-order valence-electron chi connectivity index (χ0n) is 13.2. The fraction of sp³-hybridized carbons (Fsp3) is 0.150. The van der Waals surface area contributed by atoms with E-state index in [1.54, 1.807) is 4.90 Å². The number of carbonyl (C=O) groups excluding carboxylic acids is 1. The minimum Gasteiger partial charge on any atom is -0.334 e. The van der Waals surface area contributed by atoms with E-state index in [1.165, 1.54) is 10.8 Å². The van der Waals surface area contributed by atoms with Crippen LogP contribution in [0.1, 0.15) is 11.1 Å². The fourth-order valence-corrected chi connectivity index (χ4v) is 2.67. The van der Waals surface area contributed by atoms with Crippen LogP contribution >= 0.6 is 0 Å². The Kier molecular flexibility index (Phi) is 4.57. The molecule has 0 aliphatic heterocycles. The topological polar surface area (TPSA) is 32.3 Å². The molecule has 1 N–H and O–H groups in total. The second-order valence-electron chi connectivity index (χ2n) is 5.64. The molecule has 0 saturated heterocycles. The molecule has 3 aromatic carbocycles. The first-order chi connectivity index (χ1) is 11.2. The number of nitrogens with zero attached hydrogens (tertiary/aromatic N) is 1. The summed E-state index contributed by atoms with van der Waals surface area (Å²) in [6, 6.07) is 24.3. The number of hydrogen-bond donors (Lipinski definition) is 1. The molecule has 2 amide bonds. The van der Waals surface area contributed by atoms with Crippen LogP contribution in [0.5, 0.6) is 0 Å². The molecular formula is C20H20N2O. The average Bonchev–Trinajstić information content (AvgIpc) is 2.61. The quantitative estimate of drug-likeness (QED) is 0.770. The van der Waals surface area contributed by atoms with Gasteiger partial charge in [0.2, 0.25) is 0 Å². The lowest BCUT2D eigenvalue weighted by Crippen LogP contribution is -2.36. The number of fused-ring (bicyclic) bond motifs is 1. The predicted molar refractivity (Wildman–Crippen MR) is 94.1 cm³/mol. The highest BCUT2D eigenvalue weighted by molar-refractivity contribution is 5.86. The zero-order valence-corrected chi connectivity index (χ0v) is 13.2. The number of urea groups is 1. The summed E-state index contributed by atoms with van der Waals surface area (Å²) >= 11 is 0. The molecule has 0 atom stereocenters. The van der Waals surface area contributed by atoms with Crippen molar-refractivity contribution in [2.24, 2.45) is 0 Å². The summed E-state index contributed by atoms with van der Waals surface area (Å²) in [6.45, 7) is 1.13. The molecule has 0 aliphatic rings. The van der Waals surface area contributed by atoms with Crippen LogP contribution in [-0.4, -0.2) is 18.0 Å². The van der Waals surface area contributed by atoms with Crippen LogP contribution < -0.4 is 5.32 Å². The van der Waals surface area contributed by atoms with Crippen LogP contribution in [0.15, 0.2) is 72.8 Å². The van der Waals surface area contributed by atoms with Gasteiger partial charge >= 0.3 is 6.03 Å². The Morgan fingerprint density at radius 3 is 2.43 bits per heavy atom. The van der Waals surface area contributed by atoms with Gasteiger partial charge in [-0.1, -0.05) is 72.8 Å². The minimum atomic E-state index is -0.0678. The van der Waals surface area contributed by atoms with Crippen molar-refractivity contribution in [3.05, 3.63) is 83.9 Å². The molecule has 3 aromatic rings. The van der Waals surface area contributed by atoms with E-state index >= 15 is 0 Å². The van der Waals surface area contributed by atoms with Gasteiger partial charge in [0.15, 0.2) is 0 Å². The molecule has 23 heavy (non-hydrogen) atoms. The van der Waals surface area contributed by atoms with Crippen molar-refractivity contribution in [3.63, 3.8) is 0 Å². The summed E-state index contributed by atoms with van der Waals surface area (Å²) in [7, 11) is 1.82. The molecule has 0 aliphatic carbocycles. The van der Waals surface area contributed by atoms with Crippen molar-refractivity contribution >= 4 is 16.8 Å². The van der Waals surface area contributed by atoms with E-state index in [-0.39, 0.29) is 6.03 Å². The molecule has 0 bridgehead atoms. The first kappa shape index (κ1) is 15.1. The smallest absolute Gasteiger partial charge is 0.317 e. The highest BCUT2D eigenvalue weighted by Crippen LogP contribution is 2.19. The largest absolute Gasteiger partial charge is 0.334 e. The summed E-state index contributed by atoms with van der Waals surface area (Å²) < 4.78 is 0. The van der Waals surface area contributed by atoms with Crippen molar-refractivity contribution < 1.29 is 4.79 Å². The number of carbonyl (C=O) groups is 1. The van der Waals surface area contributed by atoms with Crippen LogP contribution in [0.2, 0.25) is 0 Å². The number of rotatable bonds is 4. The molecule has 0 spiro atoms. The molecule has 3 heteroatoms. The summed E-state index contributed by atoms with van der Waals surface area (Å²) in [6.07, 6.45) is 0. The Balaban J connectivity index is 1.66. The zero-order chi connectivity index (χ0) is 16.1. The van der Waals surface area contributed by atoms with E-state index in [0.717, 1.165) is 11.1 Å². The van der Waals surface area contributed by atoms with Crippen LogP contribution in [0.4, 0.5) is 4.79 Å².